The number of halogens is 2. The zero-order valence-electron chi connectivity index (χ0n) is 29.1. The average molecular weight is 929 g/mol. The fourth-order valence-corrected chi connectivity index (χ4v) is 19.9. The number of carbonyl (C=O) groups excluding carboxylic acids is 2. The minimum absolute atomic E-state index is 0. The van der Waals surface area contributed by atoms with Crippen LogP contribution in [0.3, 0.4) is 0 Å². The molecule has 0 saturated heterocycles. The molecule has 0 atom stereocenters. The molecule has 0 aliphatic rings. The SMILES string of the molecule is Brc1ccccc1.C=[C](OCC)[Sn]([CH2]CCC)([CH2]CCC)[CH2]CCC.O=C(CBr)c1ccccc1.[N-]=[N+]=NCC(=O)c1ccccc1.[V]. The molecule has 0 fully saturated rings. The van der Waals surface area contributed by atoms with E-state index in [0.717, 1.165) is 16.6 Å². The third-order valence-electron chi connectivity index (χ3n) is 7.26. The van der Waals surface area contributed by atoms with E-state index in [4.69, 9.17) is 10.3 Å². The Kier molecular flexibility index (Phi) is 32.6. The first-order valence-corrected chi connectivity index (χ1v) is 25.9. The number of unbranched alkanes of at least 4 members (excludes halogenated alkanes) is 3. The Bertz CT molecular complexity index is 1270. The van der Waals surface area contributed by atoms with Gasteiger partial charge in [0.05, 0.1) is 11.9 Å². The second-order valence-corrected chi connectivity index (χ2v) is 25.5. The molecule has 3 aromatic carbocycles. The third kappa shape index (κ3) is 22.8. The van der Waals surface area contributed by atoms with Crippen LogP contribution >= 0.6 is 31.9 Å². The Morgan fingerprint density at radius 2 is 1.15 bits per heavy atom. The predicted octanol–water partition coefficient (Wildman–Crippen LogP) is 12.8. The number of azide groups is 1. The van der Waals surface area contributed by atoms with Gasteiger partial charge in [0.2, 0.25) is 0 Å². The molecule has 1 radical (unpaired) electrons. The number of carbonyl (C=O) groups is 2. The maximum atomic E-state index is 11.1. The van der Waals surface area contributed by atoms with Crippen molar-refractivity contribution in [3.8, 4) is 0 Å². The quantitative estimate of drug-likeness (QED) is 0.0257. The van der Waals surface area contributed by atoms with Crippen LogP contribution in [0, 0.1) is 0 Å². The van der Waals surface area contributed by atoms with E-state index >= 15 is 0 Å². The Hall–Kier alpha value is -1.81. The van der Waals surface area contributed by atoms with Gasteiger partial charge >= 0.3 is 120 Å². The molecule has 3 aromatic rings. The predicted molar refractivity (Wildman–Crippen MR) is 209 cm³/mol. The van der Waals surface area contributed by atoms with Gasteiger partial charge in [0, 0.05) is 39.1 Å². The van der Waals surface area contributed by atoms with E-state index in [1.807, 2.05) is 66.7 Å². The van der Waals surface area contributed by atoms with Crippen molar-refractivity contribution in [2.75, 3.05) is 18.5 Å². The molecule has 6 nitrogen and oxygen atoms in total. The molecule has 0 bridgehead atoms. The second-order valence-electron chi connectivity index (χ2n) is 10.8. The van der Waals surface area contributed by atoms with Gasteiger partial charge in [-0.25, -0.2) is 0 Å². The zero-order valence-corrected chi connectivity index (χ0v) is 36.5. The first kappa shape index (κ1) is 48.3. The van der Waals surface area contributed by atoms with E-state index in [1.165, 1.54) is 55.6 Å². The summed E-state index contributed by atoms with van der Waals surface area (Å²) in [5.41, 5.74) is 9.31. The van der Waals surface area contributed by atoms with Crippen molar-refractivity contribution in [3.63, 3.8) is 0 Å². The van der Waals surface area contributed by atoms with Gasteiger partial charge in [-0.2, -0.15) is 0 Å². The molecule has 0 aromatic heterocycles. The maximum Gasteiger partial charge on any atom is 0.173 e. The number of alkyl halides is 1. The number of benzene rings is 3. The van der Waals surface area contributed by atoms with Gasteiger partial charge in [-0.1, -0.05) is 116 Å². The summed E-state index contributed by atoms with van der Waals surface area (Å²) in [7, 11) is 0. The molecule has 0 amide bonds. The van der Waals surface area contributed by atoms with Gasteiger partial charge in [-0.3, -0.25) is 9.59 Å². The monoisotopic (exact) mass is 928 g/mol. The van der Waals surface area contributed by atoms with Crippen molar-refractivity contribution in [3.05, 3.63) is 127 Å². The molecule has 0 N–H and O–H groups in total. The molecule has 3 rings (SSSR count). The molecule has 48 heavy (non-hydrogen) atoms. The van der Waals surface area contributed by atoms with Crippen LogP contribution in [0.25, 0.3) is 10.4 Å². The van der Waals surface area contributed by atoms with Crippen molar-refractivity contribution in [1.82, 2.24) is 0 Å². The van der Waals surface area contributed by atoms with Crippen LogP contribution in [0.5, 0.6) is 0 Å². The number of hydrogen-bond donors (Lipinski definition) is 0. The van der Waals surface area contributed by atoms with Crippen LogP contribution in [0.1, 0.15) is 86.9 Å². The molecule has 261 valence electrons. The Morgan fingerprint density at radius 3 is 1.46 bits per heavy atom. The minimum Gasteiger partial charge on any atom is -0.294 e. The van der Waals surface area contributed by atoms with Crippen LogP contribution < -0.4 is 0 Å². The van der Waals surface area contributed by atoms with E-state index in [0.29, 0.717) is 10.9 Å². The summed E-state index contributed by atoms with van der Waals surface area (Å²) in [6, 6.07) is 27.9. The number of nitrogens with zero attached hydrogens (tertiary/aromatic N) is 3. The zero-order chi connectivity index (χ0) is 35.2. The summed E-state index contributed by atoms with van der Waals surface area (Å²) in [4.78, 5) is 24.6. The standard InChI is InChI=1S/C8H7BrO.C8H7N3O.C6H5Br.C4H7O.3C4H9.Sn.V/c9-6-8(10)7-4-2-1-3-5-7;9-11-10-6-8(12)7-4-2-1-3-5-7;7-6-4-2-1-3-5-6;1-3-5-4-2;3*1-3-4-2;;/h1-5H,6H2;1-5H,6H2;1-5H;1,4H2,2H3;3*1,3-4H2,2H3;;. The van der Waals surface area contributed by atoms with Gasteiger partial charge < -0.3 is 0 Å². The first-order valence-electron chi connectivity index (χ1n) is 16.5. The van der Waals surface area contributed by atoms with Gasteiger partial charge in [0.1, 0.15) is 0 Å². The van der Waals surface area contributed by atoms with Gasteiger partial charge in [0.25, 0.3) is 0 Å². The molecular formula is C38H53Br2N3O3SnV. The minimum atomic E-state index is -2.24. The van der Waals surface area contributed by atoms with E-state index in [1.54, 1.807) is 24.3 Å². The van der Waals surface area contributed by atoms with Crippen LogP contribution in [0.4, 0.5) is 0 Å². The second kappa shape index (κ2) is 32.4. The van der Waals surface area contributed by atoms with Crippen molar-refractivity contribution >= 4 is 61.8 Å². The fraction of sp³-hybridized carbons (Fsp3) is 0.421. The summed E-state index contributed by atoms with van der Waals surface area (Å²) in [6.45, 7) is 14.1. The van der Waals surface area contributed by atoms with Crippen molar-refractivity contribution in [1.29, 1.82) is 0 Å². The summed E-state index contributed by atoms with van der Waals surface area (Å²) in [5.74, 6) is -0.0333. The first-order chi connectivity index (χ1) is 22.7. The number of rotatable bonds is 17. The molecule has 0 aliphatic carbocycles. The van der Waals surface area contributed by atoms with Gasteiger partial charge in [0.15, 0.2) is 11.6 Å². The van der Waals surface area contributed by atoms with Crippen LogP contribution in [0.2, 0.25) is 13.3 Å². The third-order valence-corrected chi connectivity index (χ3v) is 23.3. The molecule has 0 saturated carbocycles. The Labute approximate surface area is 322 Å². The van der Waals surface area contributed by atoms with E-state index < -0.39 is 18.4 Å². The van der Waals surface area contributed by atoms with Crippen molar-refractivity contribution in [2.45, 2.75) is 79.5 Å². The summed E-state index contributed by atoms with van der Waals surface area (Å²) in [5, 5.41) is 3.58. The number of Topliss-reactive ketones (excluding diaryl/α,β-unsaturated/α-hetero) is 2. The van der Waals surface area contributed by atoms with Gasteiger partial charge in [-0.05, 0) is 17.7 Å². The van der Waals surface area contributed by atoms with E-state index in [-0.39, 0.29) is 36.7 Å². The van der Waals surface area contributed by atoms with Crippen molar-refractivity contribution < 1.29 is 32.9 Å². The number of hydrogen-bond acceptors (Lipinski definition) is 4. The molecule has 0 heterocycles. The summed E-state index contributed by atoms with van der Waals surface area (Å²) in [6.07, 6.45) is 8.10. The van der Waals surface area contributed by atoms with Crippen LogP contribution in [0.15, 0.2) is 111 Å². The van der Waals surface area contributed by atoms with Crippen LogP contribution in [-0.2, 0) is 23.3 Å². The number of ether oxygens (including phenoxy) is 1. The summed E-state index contributed by atoms with van der Waals surface area (Å²) >= 11 is 4.17. The van der Waals surface area contributed by atoms with E-state index in [2.05, 4.69) is 76.2 Å². The van der Waals surface area contributed by atoms with Crippen LogP contribution in [-0.4, -0.2) is 48.4 Å². The normalized spacial score (nSPS) is 9.71. The molecule has 10 heteroatoms. The number of ketones is 2. The average Bonchev–Trinajstić information content (AvgIpc) is 3.12. The Balaban J connectivity index is 0. The molecule has 0 unspecified atom stereocenters. The molecule has 0 spiro atoms. The molecular weight excluding hydrogens is 876 g/mol. The smallest absolute Gasteiger partial charge is 0.173 e. The Morgan fingerprint density at radius 1 is 0.750 bits per heavy atom. The largest absolute Gasteiger partial charge is 0.294 e. The van der Waals surface area contributed by atoms with Gasteiger partial charge in [-0.15, -0.1) is 0 Å². The fourth-order valence-electron chi connectivity index (χ4n) is 4.59. The maximum absolute atomic E-state index is 11.1. The summed E-state index contributed by atoms with van der Waals surface area (Å²) < 4.78 is 12.7. The topological polar surface area (TPSA) is 92.1 Å². The molecule has 0 aliphatic heterocycles. The van der Waals surface area contributed by atoms with E-state index in [9.17, 15) is 9.59 Å². The van der Waals surface area contributed by atoms with Crippen molar-refractivity contribution in [2.24, 2.45) is 5.11 Å².